The van der Waals surface area contributed by atoms with Crippen molar-refractivity contribution in [3.05, 3.63) is 6.08 Å². The van der Waals surface area contributed by atoms with Gasteiger partial charge in [0, 0.05) is 6.08 Å². The van der Waals surface area contributed by atoms with Crippen molar-refractivity contribution in [2.24, 2.45) is 11.3 Å². The summed E-state index contributed by atoms with van der Waals surface area (Å²) in [4.78, 5) is 10.1. The molecule has 0 unspecified atom stereocenters. The molecule has 1 aliphatic rings. The molecule has 0 aromatic heterocycles. The molecule has 0 spiro atoms. The lowest BCUT2D eigenvalue weighted by Crippen LogP contribution is -2.21. The van der Waals surface area contributed by atoms with Gasteiger partial charge < -0.3 is 0 Å². The minimum Gasteiger partial charge on any atom is -0.234 e. The summed E-state index contributed by atoms with van der Waals surface area (Å²) < 4.78 is 0. The highest BCUT2D eigenvalue weighted by atomic mass is 16.1. The summed E-state index contributed by atoms with van der Waals surface area (Å²) in [6, 6.07) is 0. The average Bonchev–Trinajstić information content (AvgIpc) is 1.85. The van der Waals surface area contributed by atoms with Gasteiger partial charge in [-0.15, -0.1) is 0 Å². The molecule has 1 atom stereocenters. The summed E-state index contributed by atoms with van der Waals surface area (Å²) in [6.07, 6.45) is 6.59. The van der Waals surface area contributed by atoms with E-state index in [1.165, 1.54) is 19.3 Å². The van der Waals surface area contributed by atoms with Gasteiger partial charge in [-0.3, -0.25) is 0 Å². The summed E-state index contributed by atoms with van der Waals surface area (Å²) in [5, 5.41) is 0. The Bertz CT molecular complexity index is 175. The largest absolute Gasteiger partial charge is 0.234 e. The van der Waals surface area contributed by atoms with Crippen LogP contribution in [0, 0.1) is 11.3 Å². The number of allylic oxidation sites excluding steroid dienone is 1. The molecule has 0 bridgehead atoms. The number of hydrogen-bond donors (Lipinski definition) is 0. The molecule has 1 fully saturated rings. The molecule has 0 heterocycles. The van der Waals surface area contributed by atoms with Gasteiger partial charge >= 0.3 is 0 Å². The highest BCUT2D eigenvalue weighted by Gasteiger charge is 2.26. The maximum absolute atomic E-state index is 10.1. The second-order valence-electron chi connectivity index (χ2n) is 4.31. The minimum atomic E-state index is 0.441. The van der Waals surface area contributed by atoms with Gasteiger partial charge in [-0.25, -0.2) is 4.79 Å². The Balaban J connectivity index is 2.52. The van der Waals surface area contributed by atoms with Crippen LogP contribution in [-0.2, 0) is 4.79 Å². The smallest absolute Gasteiger partial charge is 0.120 e. The first kappa shape index (κ1) is 8.55. The van der Waals surface area contributed by atoms with Crippen molar-refractivity contribution in [2.45, 2.75) is 39.5 Å². The van der Waals surface area contributed by atoms with E-state index in [0.29, 0.717) is 11.3 Å². The van der Waals surface area contributed by atoms with E-state index < -0.39 is 0 Å². The zero-order valence-electron chi connectivity index (χ0n) is 7.39. The predicted octanol–water partition coefficient (Wildman–Crippen LogP) is 2.59. The third-order valence-corrected chi connectivity index (χ3v) is 2.55. The van der Waals surface area contributed by atoms with Gasteiger partial charge in [0.25, 0.3) is 0 Å². The van der Waals surface area contributed by atoms with Gasteiger partial charge in [-0.2, -0.15) is 0 Å². The molecule has 62 valence electrons. The fourth-order valence-corrected chi connectivity index (χ4v) is 2.00. The van der Waals surface area contributed by atoms with E-state index in [9.17, 15) is 4.79 Å². The first-order valence-corrected chi connectivity index (χ1v) is 4.35. The normalized spacial score (nSPS) is 29.1. The van der Waals surface area contributed by atoms with Crippen LogP contribution < -0.4 is 0 Å². The van der Waals surface area contributed by atoms with Crippen molar-refractivity contribution in [3.63, 3.8) is 0 Å². The Labute approximate surface area is 68.5 Å². The molecular weight excluding hydrogens is 136 g/mol. The Kier molecular flexibility index (Phi) is 2.51. The molecule has 1 rings (SSSR count). The molecule has 0 amide bonds. The van der Waals surface area contributed by atoms with E-state index in [-0.39, 0.29) is 0 Å². The van der Waals surface area contributed by atoms with Crippen LogP contribution in [0.1, 0.15) is 39.5 Å². The number of rotatable bonds is 1. The van der Waals surface area contributed by atoms with Crippen LogP contribution in [0.4, 0.5) is 0 Å². The van der Waals surface area contributed by atoms with Gasteiger partial charge in [0.2, 0.25) is 0 Å². The van der Waals surface area contributed by atoms with Crippen LogP contribution in [0.3, 0.4) is 0 Å². The zero-order chi connectivity index (χ0) is 8.32. The van der Waals surface area contributed by atoms with Crippen molar-refractivity contribution in [1.29, 1.82) is 0 Å². The number of hydrogen-bond acceptors (Lipinski definition) is 1. The lowest BCUT2D eigenvalue weighted by atomic mass is 9.72. The average molecular weight is 152 g/mol. The SMILES string of the molecule is CC1(C)CCC[C@H](C=C=O)C1. The topological polar surface area (TPSA) is 17.1 Å². The van der Waals surface area contributed by atoms with Crippen LogP contribution in [0.25, 0.3) is 0 Å². The molecular formula is C10H16O. The Morgan fingerprint density at radius 3 is 2.82 bits per heavy atom. The second-order valence-corrected chi connectivity index (χ2v) is 4.31. The van der Waals surface area contributed by atoms with Gasteiger partial charge in [0.1, 0.15) is 5.94 Å². The maximum atomic E-state index is 10.1. The third kappa shape index (κ3) is 2.51. The minimum absolute atomic E-state index is 0.441. The van der Waals surface area contributed by atoms with E-state index in [1.807, 2.05) is 5.94 Å². The Morgan fingerprint density at radius 1 is 1.55 bits per heavy atom. The summed E-state index contributed by atoms with van der Waals surface area (Å²) in [6.45, 7) is 4.55. The summed E-state index contributed by atoms with van der Waals surface area (Å²) in [7, 11) is 0. The van der Waals surface area contributed by atoms with Crippen molar-refractivity contribution in [1.82, 2.24) is 0 Å². The highest BCUT2D eigenvalue weighted by Crippen LogP contribution is 2.38. The maximum Gasteiger partial charge on any atom is 0.120 e. The van der Waals surface area contributed by atoms with Crippen LogP contribution >= 0.6 is 0 Å². The van der Waals surface area contributed by atoms with Crippen molar-refractivity contribution in [2.75, 3.05) is 0 Å². The highest BCUT2D eigenvalue weighted by molar-refractivity contribution is 5.45. The predicted molar refractivity (Wildman–Crippen MR) is 46.0 cm³/mol. The molecule has 0 radical (unpaired) electrons. The summed E-state index contributed by atoms with van der Waals surface area (Å²) in [5.74, 6) is 2.40. The van der Waals surface area contributed by atoms with E-state index in [4.69, 9.17) is 0 Å². The quantitative estimate of drug-likeness (QED) is 0.528. The molecule has 1 saturated carbocycles. The van der Waals surface area contributed by atoms with Gasteiger partial charge in [0.05, 0.1) is 0 Å². The van der Waals surface area contributed by atoms with Crippen LogP contribution in [0.5, 0.6) is 0 Å². The van der Waals surface area contributed by atoms with Crippen LogP contribution in [0.2, 0.25) is 0 Å². The van der Waals surface area contributed by atoms with Crippen molar-refractivity contribution >= 4 is 5.94 Å². The number of carbonyl (C=O) groups excluding carboxylic acids is 1. The molecule has 0 saturated heterocycles. The molecule has 1 nitrogen and oxygen atoms in total. The van der Waals surface area contributed by atoms with Crippen LogP contribution in [-0.4, -0.2) is 5.94 Å². The fourth-order valence-electron chi connectivity index (χ4n) is 2.00. The zero-order valence-corrected chi connectivity index (χ0v) is 7.39. The van der Waals surface area contributed by atoms with Crippen molar-refractivity contribution in [3.8, 4) is 0 Å². The Morgan fingerprint density at radius 2 is 2.27 bits per heavy atom. The molecule has 0 aromatic carbocycles. The van der Waals surface area contributed by atoms with Gasteiger partial charge in [-0.1, -0.05) is 20.3 Å². The van der Waals surface area contributed by atoms with E-state index in [0.717, 1.165) is 6.42 Å². The third-order valence-electron chi connectivity index (χ3n) is 2.55. The monoisotopic (exact) mass is 152 g/mol. The molecule has 0 N–H and O–H groups in total. The standard InChI is InChI=1S/C10H16O/c1-10(2)6-3-4-9(8-10)5-7-11/h5,9H,3-4,6,8H2,1-2H3/t9-/m1/s1. The Hall–Kier alpha value is -0.550. The first-order valence-electron chi connectivity index (χ1n) is 4.35. The van der Waals surface area contributed by atoms with Crippen molar-refractivity contribution < 1.29 is 4.79 Å². The molecule has 0 aliphatic heterocycles. The molecule has 1 heteroatoms. The first-order chi connectivity index (χ1) is 5.14. The lowest BCUT2D eigenvalue weighted by molar-refractivity contribution is 0.207. The van der Waals surface area contributed by atoms with E-state index in [2.05, 4.69) is 13.8 Å². The van der Waals surface area contributed by atoms with Gasteiger partial charge in [-0.05, 0) is 30.6 Å². The molecule has 0 aromatic rings. The second kappa shape index (κ2) is 3.23. The molecule has 1 aliphatic carbocycles. The molecule has 11 heavy (non-hydrogen) atoms. The van der Waals surface area contributed by atoms with Gasteiger partial charge in [0.15, 0.2) is 0 Å². The summed E-state index contributed by atoms with van der Waals surface area (Å²) >= 11 is 0. The lowest BCUT2D eigenvalue weighted by Gasteiger charge is -2.33. The van der Waals surface area contributed by atoms with Crippen LogP contribution in [0.15, 0.2) is 6.08 Å². The van der Waals surface area contributed by atoms with E-state index in [1.54, 1.807) is 6.08 Å². The summed E-state index contributed by atoms with van der Waals surface area (Å²) in [5.41, 5.74) is 0.441. The fraction of sp³-hybridized carbons (Fsp3) is 0.800. The van der Waals surface area contributed by atoms with E-state index >= 15 is 0 Å².